The zero-order valence-corrected chi connectivity index (χ0v) is 15.9. The van der Waals surface area contributed by atoms with Crippen LogP contribution in [0, 0.1) is 5.92 Å². The van der Waals surface area contributed by atoms with E-state index in [2.05, 4.69) is 36.1 Å². The maximum Gasteiger partial charge on any atom is 0.277 e. The fourth-order valence-electron chi connectivity index (χ4n) is 4.32. The summed E-state index contributed by atoms with van der Waals surface area (Å²) < 4.78 is 1.28. The van der Waals surface area contributed by atoms with E-state index in [9.17, 15) is 4.79 Å². The zero-order chi connectivity index (χ0) is 17.2. The number of aromatic nitrogens is 1. The number of para-hydroxylation sites is 1. The largest absolute Gasteiger partial charge is 0.338 e. The average Bonchev–Trinajstić information content (AvgIpc) is 3.06. The number of benzene rings is 1. The van der Waals surface area contributed by atoms with Gasteiger partial charge in [-0.3, -0.25) is 4.79 Å². The zero-order valence-electron chi connectivity index (χ0n) is 15.0. The van der Waals surface area contributed by atoms with Gasteiger partial charge in [0.1, 0.15) is 0 Å². The maximum atomic E-state index is 12.6. The summed E-state index contributed by atoms with van der Waals surface area (Å²) in [5.74, 6) is 1.64. The molecule has 1 aromatic carbocycles. The number of rotatable bonds is 3. The number of likely N-dealkylation sites (tertiary alicyclic amines) is 2. The van der Waals surface area contributed by atoms with Crippen LogP contribution in [0.15, 0.2) is 24.3 Å². The highest BCUT2D eigenvalue weighted by molar-refractivity contribution is 7.18. The van der Waals surface area contributed by atoms with Crippen molar-refractivity contribution in [1.29, 1.82) is 0 Å². The van der Waals surface area contributed by atoms with Gasteiger partial charge in [-0.15, -0.1) is 11.3 Å². The van der Waals surface area contributed by atoms with Crippen LogP contribution in [0.25, 0.3) is 10.2 Å². The van der Waals surface area contributed by atoms with Gasteiger partial charge in [0.05, 0.1) is 28.3 Å². The molecule has 0 bridgehead atoms. The smallest absolute Gasteiger partial charge is 0.277 e. The van der Waals surface area contributed by atoms with Gasteiger partial charge in [-0.25, -0.2) is 4.98 Å². The van der Waals surface area contributed by atoms with Crippen molar-refractivity contribution in [2.45, 2.75) is 38.5 Å². The fourth-order valence-corrected chi connectivity index (χ4v) is 5.46. The molecular formula is C20H28N3OS+. The standard InChI is InChI=1S/C20H27N3OS/c1-15-5-4-10-22(13-15)14-19(24)23-11-8-16(9-12-23)20-21-17-6-2-3-7-18(17)25-20/h2-3,6-7,15-16H,4-5,8-14H2,1H3/p+1/t15-/m0/s1. The number of thiazole rings is 1. The molecule has 1 unspecified atom stereocenters. The fraction of sp³-hybridized carbons (Fsp3) is 0.600. The summed E-state index contributed by atoms with van der Waals surface area (Å²) in [4.78, 5) is 21.0. The number of fused-ring (bicyclic) bond motifs is 1. The van der Waals surface area contributed by atoms with Crippen molar-refractivity contribution in [3.63, 3.8) is 0 Å². The molecular weight excluding hydrogens is 330 g/mol. The third-order valence-electron chi connectivity index (χ3n) is 5.77. The van der Waals surface area contributed by atoms with E-state index >= 15 is 0 Å². The highest BCUT2D eigenvalue weighted by Gasteiger charge is 2.29. The number of hydrogen-bond acceptors (Lipinski definition) is 3. The van der Waals surface area contributed by atoms with Crippen LogP contribution in [0.5, 0.6) is 0 Å². The van der Waals surface area contributed by atoms with Crippen molar-refractivity contribution in [1.82, 2.24) is 9.88 Å². The van der Waals surface area contributed by atoms with Crippen LogP contribution in [0.2, 0.25) is 0 Å². The van der Waals surface area contributed by atoms with Gasteiger partial charge in [0.2, 0.25) is 0 Å². The number of amides is 1. The lowest BCUT2D eigenvalue weighted by Gasteiger charge is -2.33. The number of hydrogen-bond donors (Lipinski definition) is 1. The Labute approximate surface area is 153 Å². The first-order valence-electron chi connectivity index (χ1n) is 9.66. The van der Waals surface area contributed by atoms with Crippen molar-refractivity contribution in [2.24, 2.45) is 5.92 Å². The van der Waals surface area contributed by atoms with Gasteiger partial charge < -0.3 is 9.80 Å². The molecule has 2 fully saturated rings. The van der Waals surface area contributed by atoms with Crippen molar-refractivity contribution < 1.29 is 9.69 Å². The molecule has 4 nitrogen and oxygen atoms in total. The Hall–Kier alpha value is -1.46. The minimum atomic E-state index is 0.354. The molecule has 2 aromatic rings. The Morgan fingerprint density at radius 1 is 1.28 bits per heavy atom. The van der Waals surface area contributed by atoms with Crippen LogP contribution in [0.1, 0.15) is 43.5 Å². The summed E-state index contributed by atoms with van der Waals surface area (Å²) >= 11 is 1.82. The molecule has 2 saturated heterocycles. The van der Waals surface area contributed by atoms with Crippen LogP contribution >= 0.6 is 11.3 Å². The minimum Gasteiger partial charge on any atom is -0.338 e. The van der Waals surface area contributed by atoms with Crippen molar-refractivity contribution in [3.8, 4) is 0 Å². The lowest BCUT2D eigenvalue weighted by molar-refractivity contribution is -0.900. The lowest BCUT2D eigenvalue weighted by atomic mass is 9.97. The number of nitrogens with zero attached hydrogens (tertiary/aromatic N) is 2. The summed E-state index contributed by atoms with van der Waals surface area (Å²) in [6.45, 7) is 7.11. The highest BCUT2D eigenvalue weighted by atomic mass is 32.1. The third-order valence-corrected chi connectivity index (χ3v) is 6.97. The number of carbonyl (C=O) groups excluding carboxylic acids is 1. The number of nitrogens with one attached hydrogen (secondary N) is 1. The molecule has 1 aromatic heterocycles. The Kier molecular flexibility index (Phi) is 5.04. The lowest BCUT2D eigenvalue weighted by Crippen LogP contribution is -3.14. The second-order valence-electron chi connectivity index (χ2n) is 7.80. The number of piperidine rings is 2. The predicted octanol–water partition coefficient (Wildman–Crippen LogP) is 2.32. The van der Waals surface area contributed by atoms with E-state index in [4.69, 9.17) is 4.98 Å². The summed E-state index contributed by atoms with van der Waals surface area (Å²) in [6.07, 6.45) is 4.70. The normalized spacial score (nSPS) is 25.4. The van der Waals surface area contributed by atoms with Crippen molar-refractivity contribution >= 4 is 27.5 Å². The average molecular weight is 359 g/mol. The highest BCUT2D eigenvalue weighted by Crippen LogP contribution is 2.33. The van der Waals surface area contributed by atoms with E-state index in [0.717, 1.165) is 50.5 Å². The van der Waals surface area contributed by atoms with Crippen LogP contribution in [0.3, 0.4) is 0 Å². The first-order valence-corrected chi connectivity index (χ1v) is 10.5. The molecule has 1 amide bonds. The van der Waals surface area contributed by atoms with E-state index < -0.39 is 0 Å². The maximum absolute atomic E-state index is 12.6. The SMILES string of the molecule is C[C@H]1CCC[NH+](CC(=O)N2CCC(c3nc4ccccc4s3)CC2)C1. The quantitative estimate of drug-likeness (QED) is 0.914. The summed E-state index contributed by atoms with van der Waals surface area (Å²) in [7, 11) is 0. The Bertz CT molecular complexity index is 702. The second-order valence-corrected chi connectivity index (χ2v) is 8.87. The summed E-state index contributed by atoms with van der Waals surface area (Å²) in [6, 6.07) is 8.38. The van der Waals surface area contributed by atoms with Gasteiger partial charge in [-0.2, -0.15) is 0 Å². The van der Waals surface area contributed by atoms with Gasteiger partial charge >= 0.3 is 0 Å². The molecule has 0 spiro atoms. The van der Waals surface area contributed by atoms with Crippen LogP contribution < -0.4 is 4.90 Å². The van der Waals surface area contributed by atoms with E-state index in [1.165, 1.54) is 27.4 Å². The van der Waals surface area contributed by atoms with Crippen molar-refractivity contribution in [3.05, 3.63) is 29.3 Å². The molecule has 2 atom stereocenters. The monoisotopic (exact) mass is 358 g/mol. The van der Waals surface area contributed by atoms with E-state index in [-0.39, 0.29) is 0 Å². The Morgan fingerprint density at radius 3 is 2.84 bits per heavy atom. The first-order chi connectivity index (χ1) is 12.2. The molecule has 0 aliphatic carbocycles. The first kappa shape index (κ1) is 17.0. The van der Waals surface area contributed by atoms with Gasteiger partial charge in [-0.1, -0.05) is 19.1 Å². The van der Waals surface area contributed by atoms with Gasteiger partial charge in [0.15, 0.2) is 6.54 Å². The second kappa shape index (κ2) is 7.42. The van der Waals surface area contributed by atoms with Gasteiger partial charge in [-0.05, 0) is 37.8 Å². The summed E-state index contributed by atoms with van der Waals surface area (Å²) in [5, 5.41) is 1.25. The molecule has 3 heterocycles. The topological polar surface area (TPSA) is 37.6 Å². The molecule has 0 saturated carbocycles. The molecule has 5 heteroatoms. The molecule has 1 N–H and O–H groups in total. The van der Waals surface area contributed by atoms with Crippen LogP contribution in [-0.2, 0) is 4.79 Å². The van der Waals surface area contributed by atoms with Crippen molar-refractivity contribution in [2.75, 3.05) is 32.7 Å². The van der Waals surface area contributed by atoms with Crippen LogP contribution in [-0.4, -0.2) is 48.5 Å². The molecule has 0 radical (unpaired) electrons. The Balaban J connectivity index is 1.32. The third kappa shape index (κ3) is 3.87. The molecule has 134 valence electrons. The number of carbonyl (C=O) groups is 1. The van der Waals surface area contributed by atoms with Crippen LogP contribution in [0.4, 0.5) is 0 Å². The molecule has 25 heavy (non-hydrogen) atoms. The van der Waals surface area contributed by atoms with E-state index in [1.54, 1.807) is 0 Å². The molecule has 4 rings (SSSR count). The van der Waals surface area contributed by atoms with E-state index in [0.29, 0.717) is 18.4 Å². The van der Waals surface area contributed by atoms with E-state index in [1.807, 2.05) is 11.3 Å². The predicted molar refractivity (Wildman–Crippen MR) is 102 cm³/mol. The molecule has 2 aliphatic heterocycles. The van der Waals surface area contributed by atoms with Gasteiger partial charge in [0, 0.05) is 24.9 Å². The minimum absolute atomic E-state index is 0.354. The molecule has 2 aliphatic rings. The Morgan fingerprint density at radius 2 is 2.08 bits per heavy atom. The number of quaternary nitrogens is 1. The van der Waals surface area contributed by atoms with Gasteiger partial charge in [0.25, 0.3) is 5.91 Å². The summed E-state index contributed by atoms with van der Waals surface area (Å²) in [5.41, 5.74) is 1.11.